The zero-order valence-corrected chi connectivity index (χ0v) is 18.6. The molecule has 2 saturated heterocycles. The van der Waals surface area contributed by atoms with E-state index < -0.39 is 24.3 Å². The van der Waals surface area contributed by atoms with Crippen LogP contribution in [0.15, 0.2) is 47.4 Å². The maximum Gasteiger partial charge on any atom is 0.490 e. The van der Waals surface area contributed by atoms with Crippen LogP contribution < -0.4 is 4.74 Å². The van der Waals surface area contributed by atoms with E-state index in [0.717, 1.165) is 37.7 Å². The third-order valence-electron chi connectivity index (χ3n) is 4.60. The summed E-state index contributed by atoms with van der Waals surface area (Å²) in [4.78, 5) is 24.5. The molecule has 0 saturated carbocycles. The number of nitrogens with zero attached hydrogens (tertiary/aromatic N) is 2. The first kappa shape index (κ1) is 28.3. The summed E-state index contributed by atoms with van der Waals surface area (Å²) in [5.74, 6) is -3.70. The summed E-state index contributed by atoms with van der Waals surface area (Å²) in [6, 6.07) is 7.86. The molecular weight excluding hydrogens is 510 g/mol. The molecule has 2 fully saturated rings. The Hall–Kier alpha value is -2.94. The summed E-state index contributed by atoms with van der Waals surface area (Å²) in [7, 11) is 0. The smallest absolute Gasteiger partial charge is 0.475 e. The highest BCUT2D eigenvalue weighted by molar-refractivity contribution is 8.01. The van der Waals surface area contributed by atoms with Crippen LogP contribution in [0.3, 0.4) is 0 Å². The minimum Gasteiger partial charge on any atom is -0.475 e. The van der Waals surface area contributed by atoms with Gasteiger partial charge in [-0.05, 0) is 12.1 Å². The topological polar surface area (TPSA) is 113 Å². The molecule has 0 aliphatic carbocycles. The number of ether oxygens (including phenoxy) is 1. The van der Waals surface area contributed by atoms with Gasteiger partial charge in [-0.1, -0.05) is 6.07 Å². The van der Waals surface area contributed by atoms with E-state index in [0.29, 0.717) is 10.9 Å². The van der Waals surface area contributed by atoms with Crippen LogP contribution in [0.2, 0.25) is 0 Å². The molecule has 0 amide bonds. The average molecular weight is 530 g/mol. The van der Waals surface area contributed by atoms with Crippen molar-refractivity contribution in [1.29, 1.82) is 0 Å². The quantitative estimate of drug-likeness (QED) is 0.565. The van der Waals surface area contributed by atoms with Gasteiger partial charge < -0.3 is 19.4 Å². The Balaban J connectivity index is 0.000000257. The van der Waals surface area contributed by atoms with Crippen molar-refractivity contribution >= 4 is 23.7 Å². The van der Waals surface area contributed by atoms with Crippen molar-refractivity contribution in [3.8, 4) is 5.88 Å². The molecule has 2 aliphatic heterocycles. The van der Waals surface area contributed by atoms with Crippen LogP contribution in [0.1, 0.15) is 12.0 Å². The highest BCUT2D eigenvalue weighted by Crippen LogP contribution is 2.46. The maximum absolute atomic E-state index is 10.6. The van der Waals surface area contributed by atoms with Crippen LogP contribution in [-0.2, 0) is 16.1 Å². The number of carboxylic acids is 2. The standard InChI is InChI=1S/C16H18N2O2S.2C2HF3O2/c1-2-5-17-15(3-1)20-14-7-16(21-10-14)11-18(12-16)8-13-4-6-19-9-13;2*3-2(4,5)1(6)7/h1-6,9,14H,7-8,10-12H2;2*(H,6,7). The fourth-order valence-corrected chi connectivity index (χ4v) is 4.78. The molecule has 1 atom stereocenters. The summed E-state index contributed by atoms with van der Waals surface area (Å²) < 4.78 is 75.0. The first-order valence-electron chi connectivity index (χ1n) is 9.75. The SMILES string of the molecule is O=C(O)C(F)(F)F.O=C(O)C(F)(F)F.c1ccc(OC2CSC3(C2)CN(Cc2ccoc2)C3)nc1. The summed E-state index contributed by atoms with van der Waals surface area (Å²) in [5, 5.41) is 14.2. The minimum atomic E-state index is -5.08. The fraction of sp³-hybridized carbons (Fsp3) is 0.450. The van der Waals surface area contributed by atoms with E-state index in [-0.39, 0.29) is 0 Å². The first-order chi connectivity index (χ1) is 16.2. The summed E-state index contributed by atoms with van der Waals surface area (Å²) in [6.07, 6.45) is -3.40. The van der Waals surface area contributed by atoms with Gasteiger partial charge in [-0.15, -0.1) is 11.8 Å². The highest BCUT2D eigenvalue weighted by atomic mass is 32.2. The zero-order chi connectivity index (χ0) is 26.3. The van der Waals surface area contributed by atoms with Crippen LogP contribution in [0.4, 0.5) is 26.3 Å². The predicted octanol–water partition coefficient (Wildman–Crippen LogP) is 4.08. The normalized spacial score (nSPS) is 19.0. The monoisotopic (exact) mass is 530 g/mol. The second-order valence-corrected chi connectivity index (χ2v) is 8.98. The van der Waals surface area contributed by atoms with Crippen LogP contribution in [0.5, 0.6) is 5.88 Å². The number of furan rings is 1. The summed E-state index contributed by atoms with van der Waals surface area (Å²) in [6.45, 7) is 3.28. The van der Waals surface area contributed by atoms with Crippen LogP contribution in [0, 0.1) is 0 Å². The molecule has 2 N–H and O–H groups in total. The number of carbonyl (C=O) groups is 2. The lowest BCUT2D eigenvalue weighted by Crippen LogP contribution is -2.58. The predicted molar refractivity (Wildman–Crippen MR) is 110 cm³/mol. The van der Waals surface area contributed by atoms with E-state index in [1.807, 2.05) is 30.5 Å². The molecular formula is C20H20F6N2O6S. The number of hydrogen-bond acceptors (Lipinski definition) is 7. The van der Waals surface area contributed by atoms with Gasteiger partial charge in [-0.25, -0.2) is 14.6 Å². The van der Waals surface area contributed by atoms with E-state index in [2.05, 4.69) is 21.6 Å². The van der Waals surface area contributed by atoms with Gasteiger partial charge in [0.05, 0.1) is 12.5 Å². The molecule has 15 heteroatoms. The lowest BCUT2D eigenvalue weighted by molar-refractivity contribution is -0.193. The Morgan fingerprint density at radius 1 is 1.11 bits per heavy atom. The fourth-order valence-electron chi connectivity index (χ4n) is 3.21. The number of halogens is 6. The molecule has 35 heavy (non-hydrogen) atoms. The Morgan fingerprint density at radius 2 is 1.71 bits per heavy atom. The Kier molecular flexibility index (Phi) is 9.43. The van der Waals surface area contributed by atoms with Crippen LogP contribution >= 0.6 is 11.8 Å². The number of aromatic nitrogens is 1. The maximum atomic E-state index is 10.6. The van der Waals surface area contributed by atoms with E-state index in [1.165, 1.54) is 5.56 Å². The van der Waals surface area contributed by atoms with Gasteiger partial charge in [0.15, 0.2) is 0 Å². The number of aliphatic carboxylic acids is 2. The van der Waals surface area contributed by atoms with Gasteiger partial charge in [-0.3, -0.25) is 4.90 Å². The summed E-state index contributed by atoms with van der Waals surface area (Å²) >= 11 is 2.06. The van der Waals surface area contributed by atoms with Crippen LogP contribution in [0.25, 0.3) is 0 Å². The van der Waals surface area contributed by atoms with Crippen molar-refractivity contribution in [3.63, 3.8) is 0 Å². The van der Waals surface area contributed by atoms with Crippen molar-refractivity contribution in [2.45, 2.75) is 36.2 Å². The third kappa shape index (κ3) is 9.32. The van der Waals surface area contributed by atoms with Crippen LogP contribution in [-0.4, -0.2) is 74.1 Å². The molecule has 4 heterocycles. The van der Waals surface area contributed by atoms with Crippen molar-refractivity contribution in [1.82, 2.24) is 9.88 Å². The lowest BCUT2D eigenvalue weighted by atomic mass is 9.92. The third-order valence-corrected chi connectivity index (χ3v) is 6.17. The van der Waals surface area contributed by atoms with Gasteiger partial charge in [0.2, 0.25) is 5.88 Å². The number of rotatable bonds is 4. The van der Waals surface area contributed by atoms with E-state index in [4.69, 9.17) is 29.0 Å². The van der Waals surface area contributed by atoms with Gasteiger partial charge in [0, 0.05) is 54.4 Å². The molecule has 2 aromatic heterocycles. The molecule has 4 rings (SSSR count). The van der Waals surface area contributed by atoms with E-state index in [9.17, 15) is 26.3 Å². The molecule has 0 radical (unpaired) electrons. The second-order valence-electron chi connectivity index (χ2n) is 7.49. The number of alkyl halides is 6. The molecule has 0 bridgehead atoms. The molecule has 194 valence electrons. The number of thioether (sulfide) groups is 1. The zero-order valence-electron chi connectivity index (χ0n) is 17.8. The molecule has 2 aromatic rings. The van der Waals surface area contributed by atoms with Gasteiger partial charge in [-0.2, -0.15) is 26.3 Å². The average Bonchev–Trinajstić information content (AvgIpc) is 3.38. The Morgan fingerprint density at radius 3 is 2.17 bits per heavy atom. The van der Waals surface area contributed by atoms with Gasteiger partial charge in [0.25, 0.3) is 0 Å². The van der Waals surface area contributed by atoms with Crippen molar-refractivity contribution in [2.24, 2.45) is 0 Å². The number of hydrogen-bond donors (Lipinski definition) is 2. The number of carboxylic acid groups (broad SMARTS) is 2. The molecule has 8 nitrogen and oxygen atoms in total. The van der Waals surface area contributed by atoms with Gasteiger partial charge >= 0.3 is 24.3 Å². The van der Waals surface area contributed by atoms with E-state index in [1.54, 1.807) is 12.5 Å². The first-order valence-corrected chi connectivity index (χ1v) is 10.7. The van der Waals surface area contributed by atoms with E-state index >= 15 is 0 Å². The Bertz CT molecular complexity index is 925. The molecule has 2 aliphatic rings. The number of pyridine rings is 1. The largest absolute Gasteiger partial charge is 0.490 e. The van der Waals surface area contributed by atoms with Crippen molar-refractivity contribution < 1.29 is 55.3 Å². The summed E-state index contributed by atoms with van der Waals surface area (Å²) in [5.41, 5.74) is 1.26. The van der Waals surface area contributed by atoms with Crippen molar-refractivity contribution in [3.05, 3.63) is 48.6 Å². The highest BCUT2D eigenvalue weighted by Gasteiger charge is 2.49. The minimum absolute atomic E-state index is 0.293. The number of likely N-dealkylation sites (tertiary alicyclic amines) is 1. The molecule has 1 unspecified atom stereocenters. The van der Waals surface area contributed by atoms with Gasteiger partial charge in [0.1, 0.15) is 6.10 Å². The molecule has 0 aromatic carbocycles. The molecule has 1 spiro atoms. The lowest BCUT2D eigenvalue weighted by Gasteiger charge is -2.47. The van der Waals surface area contributed by atoms with Crippen molar-refractivity contribution in [2.75, 3.05) is 18.8 Å². The Labute approximate surface area is 198 Å². The second kappa shape index (κ2) is 11.7.